The summed E-state index contributed by atoms with van der Waals surface area (Å²) in [5, 5.41) is 0. The lowest BCUT2D eigenvalue weighted by molar-refractivity contribution is 0.885. The zero-order valence-corrected chi connectivity index (χ0v) is 9.38. The Morgan fingerprint density at radius 2 is 2.21 bits per heavy atom. The number of allylic oxidation sites excluding steroid dienone is 1. The summed E-state index contributed by atoms with van der Waals surface area (Å²) in [7, 11) is 2.08. The fourth-order valence-electron chi connectivity index (χ4n) is 1.80. The van der Waals surface area contributed by atoms with Crippen LogP contribution in [0.3, 0.4) is 0 Å². The van der Waals surface area contributed by atoms with Crippen LogP contribution in [0.2, 0.25) is 0 Å². The lowest BCUT2D eigenvalue weighted by atomic mass is 10.1. The van der Waals surface area contributed by atoms with E-state index in [2.05, 4.69) is 43.5 Å². The molecule has 1 heteroatoms. The van der Waals surface area contributed by atoms with Crippen LogP contribution >= 0.6 is 0 Å². The van der Waals surface area contributed by atoms with Gasteiger partial charge in [0.2, 0.25) is 0 Å². The molecule has 0 atom stereocenters. The van der Waals surface area contributed by atoms with Crippen LogP contribution in [0.15, 0.2) is 18.9 Å². The van der Waals surface area contributed by atoms with Gasteiger partial charge in [0.1, 0.15) is 0 Å². The topological polar surface area (TPSA) is 4.93 Å². The van der Waals surface area contributed by atoms with Crippen molar-refractivity contribution in [1.29, 1.82) is 0 Å². The number of aromatic nitrogens is 1. The van der Waals surface area contributed by atoms with E-state index in [1.54, 1.807) is 0 Å². The molecule has 1 rings (SSSR count). The van der Waals surface area contributed by atoms with Gasteiger partial charge in [-0.25, -0.2) is 0 Å². The van der Waals surface area contributed by atoms with E-state index in [0.29, 0.717) is 0 Å². The molecule has 0 amide bonds. The van der Waals surface area contributed by atoms with Crippen LogP contribution in [0.4, 0.5) is 0 Å². The van der Waals surface area contributed by atoms with Gasteiger partial charge in [-0.1, -0.05) is 32.1 Å². The Morgan fingerprint density at radius 3 is 2.71 bits per heavy atom. The summed E-state index contributed by atoms with van der Waals surface area (Å²) in [6.07, 6.45) is 10.7. The smallest absolute Gasteiger partial charge is 0.0477 e. The van der Waals surface area contributed by atoms with E-state index in [1.165, 1.54) is 23.2 Å². The Hall–Kier alpha value is -1.24. The Bertz CT molecular complexity index is 342. The van der Waals surface area contributed by atoms with Gasteiger partial charge in [0.05, 0.1) is 0 Å². The van der Waals surface area contributed by atoms with Crippen molar-refractivity contribution in [1.82, 2.24) is 4.57 Å². The van der Waals surface area contributed by atoms with Crippen LogP contribution in [0.5, 0.6) is 0 Å². The van der Waals surface area contributed by atoms with Gasteiger partial charge >= 0.3 is 0 Å². The zero-order valence-electron chi connectivity index (χ0n) is 9.38. The molecular weight excluding hydrogens is 170 g/mol. The average Bonchev–Trinajstić information content (AvgIpc) is 2.44. The molecule has 0 spiro atoms. The summed E-state index contributed by atoms with van der Waals surface area (Å²) < 4.78 is 2.17. The molecule has 0 aliphatic rings. The minimum atomic E-state index is 1.13. The highest BCUT2D eigenvalue weighted by Gasteiger charge is 2.07. The summed E-state index contributed by atoms with van der Waals surface area (Å²) >= 11 is 0. The highest BCUT2D eigenvalue weighted by atomic mass is 14.9. The van der Waals surface area contributed by atoms with Gasteiger partial charge in [-0.05, 0) is 25.0 Å². The molecule has 0 aromatic carbocycles. The van der Waals surface area contributed by atoms with E-state index < -0.39 is 0 Å². The summed E-state index contributed by atoms with van der Waals surface area (Å²) in [5.74, 6) is 0. The minimum absolute atomic E-state index is 1.13. The number of nitrogens with zero attached hydrogens (tertiary/aromatic N) is 1. The van der Waals surface area contributed by atoms with Crippen LogP contribution in [0.1, 0.15) is 37.1 Å². The molecule has 1 aromatic rings. The molecule has 0 aliphatic heterocycles. The molecule has 0 aliphatic carbocycles. The van der Waals surface area contributed by atoms with Gasteiger partial charge in [0.15, 0.2) is 0 Å². The normalized spacial score (nSPS) is 11.1. The second-order valence-electron chi connectivity index (χ2n) is 3.52. The second-order valence-corrected chi connectivity index (χ2v) is 3.52. The van der Waals surface area contributed by atoms with Crippen LogP contribution in [-0.4, -0.2) is 4.57 Å². The van der Waals surface area contributed by atoms with Crippen LogP contribution < -0.4 is 0 Å². The third kappa shape index (κ3) is 1.98. The fourth-order valence-corrected chi connectivity index (χ4v) is 1.80. The average molecular weight is 189 g/mol. The molecular formula is C13H19N. The van der Waals surface area contributed by atoms with Crippen LogP contribution in [-0.2, 0) is 13.5 Å². The van der Waals surface area contributed by atoms with Crippen molar-refractivity contribution in [3.05, 3.63) is 35.7 Å². The molecule has 0 fully saturated rings. The van der Waals surface area contributed by atoms with E-state index in [1.807, 2.05) is 13.0 Å². The highest BCUT2D eigenvalue weighted by Crippen LogP contribution is 2.20. The first-order valence-corrected chi connectivity index (χ1v) is 5.17. The first-order valence-electron chi connectivity index (χ1n) is 5.17. The standard InChI is InChI=1S/C13H19N/c1-5-8-11-10-14(4)13(9-6-2)12(11)7-3/h6-7,9-10H,3,5,8H2,1-2,4H3/b9-6-. The Morgan fingerprint density at radius 1 is 1.50 bits per heavy atom. The summed E-state index contributed by atoms with van der Waals surface area (Å²) in [6.45, 7) is 8.13. The van der Waals surface area contributed by atoms with E-state index in [9.17, 15) is 0 Å². The Balaban J connectivity index is 3.20. The highest BCUT2D eigenvalue weighted by molar-refractivity contribution is 5.65. The van der Waals surface area contributed by atoms with Crippen LogP contribution in [0.25, 0.3) is 12.2 Å². The Kier molecular flexibility index (Phi) is 3.75. The molecule has 1 aromatic heterocycles. The van der Waals surface area contributed by atoms with E-state index in [-0.39, 0.29) is 0 Å². The quantitative estimate of drug-likeness (QED) is 0.681. The fraction of sp³-hybridized carbons (Fsp3) is 0.385. The van der Waals surface area contributed by atoms with Gasteiger partial charge in [-0.15, -0.1) is 0 Å². The maximum atomic E-state index is 3.88. The molecule has 0 unspecified atom stereocenters. The second kappa shape index (κ2) is 4.85. The van der Waals surface area contributed by atoms with Crippen molar-refractivity contribution in [3.63, 3.8) is 0 Å². The van der Waals surface area contributed by atoms with Crippen LogP contribution in [0, 0.1) is 0 Å². The summed E-state index contributed by atoms with van der Waals surface area (Å²) in [5.41, 5.74) is 3.94. The maximum absolute atomic E-state index is 3.88. The third-order valence-electron chi connectivity index (χ3n) is 2.40. The molecule has 0 saturated carbocycles. The van der Waals surface area contributed by atoms with Gasteiger partial charge in [-0.2, -0.15) is 0 Å². The summed E-state index contributed by atoms with van der Waals surface area (Å²) in [4.78, 5) is 0. The predicted octanol–water partition coefficient (Wildman–Crippen LogP) is 3.65. The molecule has 76 valence electrons. The SMILES string of the molecule is C=Cc1c(CCC)cn(C)c1/C=C\C. The first-order chi connectivity index (χ1) is 6.74. The summed E-state index contributed by atoms with van der Waals surface area (Å²) in [6, 6.07) is 0. The first kappa shape index (κ1) is 10.8. The number of hydrogen-bond acceptors (Lipinski definition) is 0. The molecule has 0 saturated heterocycles. The van der Waals surface area contributed by atoms with E-state index >= 15 is 0 Å². The number of hydrogen-bond donors (Lipinski definition) is 0. The van der Waals surface area contributed by atoms with Crippen molar-refractivity contribution in [3.8, 4) is 0 Å². The largest absolute Gasteiger partial charge is 0.350 e. The maximum Gasteiger partial charge on any atom is 0.0477 e. The van der Waals surface area contributed by atoms with Crippen molar-refractivity contribution < 1.29 is 0 Å². The minimum Gasteiger partial charge on any atom is -0.350 e. The molecule has 1 nitrogen and oxygen atoms in total. The molecule has 14 heavy (non-hydrogen) atoms. The Labute approximate surface area is 86.8 Å². The molecule has 0 bridgehead atoms. The van der Waals surface area contributed by atoms with Crippen molar-refractivity contribution in [2.75, 3.05) is 0 Å². The van der Waals surface area contributed by atoms with Gasteiger partial charge < -0.3 is 4.57 Å². The molecule has 0 N–H and O–H groups in total. The lowest BCUT2D eigenvalue weighted by Gasteiger charge is -1.99. The predicted molar refractivity (Wildman–Crippen MR) is 64.2 cm³/mol. The van der Waals surface area contributed by atoms with Crippen molar-refractivity contribution in [2.45, 2.75) is 26.7 Å². The van der Waals surface area contributed by atoms with E-state index in [0.717, 1.165) is 6.42 Å². The van der Waals surface area contributed by atoms with Crippen molar-refractivity contribution in [2.24, 2.45) is 7.05 Å². The molecule has 1 heterocycles. The van der Waals surface area contributed by atoms with Crippen molar-refractivity contribution >= 4 is 12.2 Å². The van der Waals surface area contributed by atoms with Gasteiger partial charge in [0.25, 0.3) is 0 Å². The van der Waals surface area contributed by atoms with Gasteiger partial charge in [0, 0.05) is 24.5 Å². The van der Waals surface area contributed by atoms with E-state index in [4.69, 9.17) is 0 Å². The zero-order chi connectivity index (χ0) is 10.6. The monoisotopic (exact) mass is 189 g/mol. The third-order valence-corrected chi connectivity index (χ3v) is 2.40. The lowest BCUT2D eigenvalue weighted by Crippen LogP contribution is -1.88. The molecule has 0 radical (unpaired) electrons. The number of rotatable bonds is 4. The van der Waals surface area contributed by atoms with Gasteiger partial charge in [-0.3, -0.25) is 0 Å². The number of aryl methyl sites for hydroxylation is 2.